The minimum atomic E-state index is -0.678. The number of aliphatic hydroxyl groups excluding tert-OH is 1. The van der Waals surface area contributed by atoms with Crippen LogP contribution < -0.4 is 0 Å². The fourth-order valence-corrected chi connectivity index (χ4v) is 3.55. The molecule has 5 nitrogen and oxygen atoms in total. The molecular formula is C26H52O5. The van der Waals surface area contributed by atoms with Gasteiger partial charge in [-0.25, -0.2) is 0 Å². The van der Waals surface area contributed by atoms with Gasteiger partial charge < -0.3 is 15.3 Å². The molecule has 0 saturated heterocycles. The van der Waals surface area contributed by atoms with Crippen LogP contribution in [-0.4, -0.2) is 33.4 Å². The van der Waals surface area contributed by atoms with Crippen LogP contribution >= 0.6 is 0 Å². The van der Waals surface area contributed by atoms with Crippen molar-refractivity contribution in [1.82, 2.24) is 0 Å². The summed E-state index contributed by atoms with van der Waals surface area (Å²) in [6.07, 6.45) is 22.1. The van der Waals surface area contributed by atoms with Gasteiger partial charge in [-0.05, 0) is 25.7 Å². The molecule has 0 bridgehead atoms. The summed E-state index contributed by atoms with van der Waals surface area (Å²) in [6, 6.07) is 0. The average molecular weight is 445 g/mol. The molecule has 1 unspecified atom stereocenters. The van der Waals surface area contributed by atoms with Crippen LogP contribution in [0.15, 0.2) is 0 Å². The van der Waals surface area contributed by atoms with Crippen molar-refractivity contribution in [3.63, 3.8) is 0 Å². The minimum Gasteiger partial charge on any atom is -0.481 e. The zero-order valence-corrected chi connectivity index (χ0v) is 20.6. The number of aliphatic carboxylic acids is 2. The van der Waals surface area contributed by atoms with Crippen molar-refractivity contribution in [3.05, 3.63) is 0 Å². The maximum atomic E-state index is 10.3. The molecular weight excluding hydrogens is 392 g/mol. The number of hydrogen-bond acceptors (Lipinski definition) is 3. The van der Waals surface area contributed by atoms with E-state index in [0.29, 0.717) is 12.8 Å². The van der Waals surface area contributed by atoms with Crippen LogP contribution in [0.25, 0.3) is 0 Å². The highest BCUT2D eigenvalue weighted by atomic mass is 16.4. The smallest absolute Gasteiger partial charge is 0.303 e. The van der Waals surface area contributed by atoms with E-state index in [4.69, 9.17) is 10.2 Å². The molecule has 0 aromatic rings. The first kappa shape index (κ1) is 32.1. The lowest BCUT2D eigenvalue weighted by Gasteiger charge is -2.10. The third-order valence-corrected chi connectivity index (χ3v) is 5.56. The van der Waals surface area contributed by atoms with E-state index < -0.39 is 11.9 Å². The summed E-state index contributed by atoms with van der Waals surface area (Å²) in [7, 11) is 0. The largest absolute Gasteiger partial charge is 0.481 e. The molecule has 5 heteroatoms. The number of hydrogen-bond donors (Lipinski definition) is 3. The summed E-state index contributed by atoms with van der Waals surface area (Å²) in [5.74, 6) is -1.35. The number of carboxylic acid groups (broad SMARTS) is 2. The second kappa shape index (κ2) is 26.9. The third kappa shape index (κ3) is 33.7. The second-order valence-corrected chi connectivity index (χ2v) is 8.82. The molecule has 0 aliphatic heterocycles. The lowest BCUT2D eigenvalue weighted by atomic mass is 10.0. The topological polar surface area (TPSA) is 94.8 Å². The molecule has 0 aromatic carbocycles. The van der Waals surface area contributed by atoms with Gasteiger partial charge in [-0.2, -0.15) is 0 Å². The monoisotopic (exact) mass is 444 g/mol. The molecule has 0 aliphatic carbocycles. The van der Waals surface area contributed by atoms with Crippen LogP contribution in [0.3, 0.4) is 0 Å². The van der Waals surface area contributed by atoms with Crippen LogP contribution in [0.4, 0.5) is 0 Å². The van der Waals surface area contributed by atoms with Crippen LogP contribution in [0.1, 0.15) is 149 Å². The highest BCUT2D eigenvalue weighted by Crippen LogP contribution is 2.14. The minimum absolute atomic E-state index is 0.0853. The van der Waals surface area contributed by atoms with Crippen molar-refractivity contribution < 1.29 is 24.9 Å². The van der Waals surface area contributed by atoms with Gasteiger partial charge in [0.15, 0.2) is 0 Å². The summed E-state index contributed by atoms with van der Waals surface area (Å²) < 4.78 is 0. The molecule has 0 saturated carbocycles. The summed E-state index contributed by atoms with van der Waals surface area (Å²) in [6.45, 7) is 4.36. The van der Waals surface area contributed by atoms with E-state index in [2.05, 4.69) is 13.8 Å². The predicted molar refractivity (Wildman–Crippen MR) is 130 cm³/mol. The van der Waals surface area contributed by atoms with E-state index in [-0.39, 0.29) is 6.10 Å². The Kier molecular flexibility index (Phi) is 27.9. The quantitative estimate of drug-likeness (QED) is 0.148. The van der Waals surface area contributed by atoms with Gasteiger partial charge in [0, 0.05) is 12.8 Å². The number of unbranched alkanes of at least 4 members (excludes halogenated alkanes) is 14. The Morgan fingerprint density at radius 3 is 1.16 bits per heavy atom. The molecule has 0 spiro atoms. The summed E-state index contributed by atoms with van der Waals surface area (Å²) in [5, 5.41) is 26.6. The molecule has 1 atom stereocenters. The Labute approximate surface area is 192 Å². The first-order chi connectivity index (χ1) is 14.9. The predicted octanol–water partition coefficient (Wildman–Crippen LogP) is 7.73. The Morgan fingerprint density at radius 2 is 0.806 bits per heavy atom. The van der Waals surface area contributed by atoms with Gasteiger partial charge in [-0.1, -0.05) is 110 Å². The molecule has 3 N–H and O–H groups in total. The maximum Gasteiger partial charge on any atom is 0.303 e. The van der Waals surface area contributed by atoms with Crippen molar-refractivity contribution in [3.8, 4) is 0 Å². The standard InChI is InChI=1S/C18H36O3.C8H16O2/c1-2-3-4-11-14-17(19)15-12-9-7-5-6-8-10-13-16-18(20)21;1-2-3-4-5-6-7-8(9)10/h17,19H,2-16H2,1H3,(H,20,21);2-7H2,1H3,(H,9,10). The van der Waals surface area contributed by atoms with Crippen molar-refractivity contribution in [2.45, 2.75) is 155 Å². The maximum absolute atomic E-state index is 10.3. The summed E-state index contributed by atoms with van der Waals surface area (Å²) in [5.41, 5.74) is 0. The number of aliphatic hydroxyl groups is 1. The number of carboxylic acids is 2. The molecule has 0 aromatic heterocycles. The molecule has 0 fully saturated rings. The summed E-state index contributed by atoms with van der Waals surface area (Å²) >= 11 is 0. The molecule has 31 heavy (non-hydrogen) atoms. The van der Waals surface area contributed by atoms with Gasteiger partial charge >= 0.3 is 11.9 Å². The highest BCUT2D eigenvalue weighted by Gasteiger charge is 2.03. The van der Waals surface area contributed by atoms with E-state index >= 15 is 0 Å². The Balaban J connectivity index is 0. The van der Waals surface area contributed by atoms with E-state index in [1.165, 1.54) is 70.6 Å². The lowest BCUT2D eigenvalue weighted by molar-refractivity contribution is -0.138. The molecule has 0 heterocycles. The molecule has 0 aliphatic rings. The third-order valence-electron chi connectivity index (χ3n) is 5.56. The zero-order chi connectivity index (χ0) is 23.6. The Morgan fingerprint density at radius 1 is 0.516 bits per heavy atom. The fraction of sp³-hybridized carbons (Fsp3) is 0.923. The molecule has 186 valence electrons. The molecule has 0 amide bonds. The molecule has 0 radical (unpaired) electrons. The Hall–Kier alpha value is -1.10. The van der Waals surface area contributed by atoms with Crippen LogP contribution in [0.5, 0.6) is 0 Å². The van der Waals surface area contributed by atoms with Crippen molar-refractivity contribution >= 4 is 11.9 Å². The van der Waals surface area contributed by atoms with Gasteiger partial charge in [0.05, 0.1) is 6.10 Å². The zero-order valence-electron chi connectivity index (χ0n) is 20.6. The van der Waals surface area contributed by atoms with Gasteiger partial charge in [0.25, 0.3) is 0 Å². The first-order valence-electron chi connectivity index (χ1n) is 13.1. The molecule has 0 rings (SSSR count). The van der Waals surface area contributed by atoms with Gasteiger partial charge in [-0.15, -0.1) is 0 Å². The number of carbonyl (C=O) groups is 2. The first-order valence-corrected chi connectivity index (χ1v) is 13.1. The number of rotatable bonds is 22. The van der Waals surface area contributed by atoms with E-state index in [1.807, 2.05) is 0 Å². The second-order valence-electron chi connectivity index (χ2n) is 8.82. The van der Waals surface area contributed by atoms with Crippen LogP contribution in [-0.2, 0) is 9.59 Å². The lowest BCUT2D eigenvalue weighted by Crippen LogP contribution is -2.05. The van der Waals surface area contributed by atoms with Crippen LogP contribution in [0, 0.1) is 0 Å². The van der Waals surface area contributed by atoms with Gasteiger partial charge in [0.2, 0.25) is 0 Å². The normalized spacial score (nSPS) is 11.6. The van der Waals surface area contributed by atoms with Crippen molar-refractivity contribution in [2.24, 2.45) is 0 Å². The SMILES string of the molecule is CCCCCCC(O)CCCCCCCCCCC(=O)O.CCCCCCCC(=O)O. The van der Waals surface area contributed by atoms with Crippen molar-refractivity contribution in [1.29, 1.82) is 0 Å². The highest BCUT2D eigenvalue weighted by molar-refractivity contribution is 5.66. The Bertz CT molecular complexity index is 384. The summed E-state index contributed by atoms with van der Waals surface area (Å²) in [4.78, 5) is 20.4. The van der Waals surface area contributed by atoms with Gasteiger partial charge in [-0.3, -0.25) is 9.59 Å². The van der Waals surface area contributed by atoms with E-state index in [0.717, 1.165) is 51.4 Å². The average Bonchev–Trinajstić information content (AvgIpc) is 2.72. The van der Waals surface area contributed by atoms with Crippen molar-refractivity contribution in [2.75, 3.05) is 0 Å². The van der Waals surface area contributed by atoms with Crippen LogP contribution in [0.2, 0.25) is 0 Å². The van der Waals surface area contributed by atoms with E-state index in [1.54, 1.807) is 0 Å². The van der Waals surface area contributed by atoms with Gasteiger partial charge in [0.1, 0.15) is 0 Å². The fourth-order valence-electron chi connectivity index (χ4n) is 3.55. The van der Waals surface area contributed by atoms with E-state index in [9.17, 15) is 14.7 Å².